The van der Waals surface area contributed by atoms with Crippen LogP contribution in [-0.2, 0) is 6.42 Å². The molecule has 0 amide bonds. The van der Waals surface area contributed by atoms with Crippen LogP contribution in [0.25, 0.3) is 22.8 Å². The SMILES string of the molecule is COc1ccc2c(c1)C(C=Cc1ccc3cccccc1-3)=C(C)C2. The Labute approximate surface area is 143 Å². The van der Waals surface area contributed by atoms with Gasteiger partial charge in [-0.25, -0.2) is 0 Å². The summed E-state index contributed by atoms with van der Waals surface area (Å²) in [5, 5.41) is 0. The maximum Gasteiger partial charge on any atom is 0.119 e. The first-order valence-electron chi connectivity index (χ1n) is 8.29. The first-order chi connectivity index (χ1) is 11.8. The van der Waals surface area contributed by atoms with E-state index in [0.717, 1.165) is 12.2 Å². The predicted octanol–water partition coefficient (Wildman–Crippen LogP) is 5.84. The fourth-order valence-electron chi connectivity index (χ4n) is 3.49. The highest BCUT2D eigenvalue weighted by molar-refractivity contribution is 5.88. The molecule has 0 radical (unpaired) electrons. The zero-order valence-corrected chi connectivity index (χ0v) is 14.0. The van der Waals surface area contributed by atoms with E-state index in [1.54, 1.807) is 7.11 Å². The quantitative estimate of drug-likeness (QED) is 0.590. The summed E-state index contributed by atoms with van der Waals surface area (Å²) in [5.74, 6) is 0.917. The van der Waals surface area contributed by atoms with Gasteiger partial charge in [-0.2, -0.15) is 0 Å². The van der Waals surface area contributed by atoms with Crippen LogP contribution in [-0.4, -0.2) is 7.11 Å². The molecule has 1 aromatic carbocycles. The monoisotopic (exact) mass is 312 g/mol. The summed E-state index contributed by atoms with van der Waals surface area (Å²) in [7, 11) is 1.72. The van der Waals surface area contributed by atoms with Gasteiger partial charge in [0.25, 0.3) is 0 Å². The highest BCUT2D eigenvalue weighted by atomic mass is 16.5. The van der Waals surface area contributed by atoms with Crippen LogP contribution < -0.4 is 4.74 Å². The second-order valence-corrected chi connectivity index (χ2v) is 6.30. The summed E-state index contributed by atoms with van der Waals surface area (Å²) in [5.41, 5.74) is 9.24. The average Bonchev–Trinajstić information content (AvgIpc) is 3.02. The van der Waals surface area contributed by atoms with Crippen LogP contribution in [0.15, 0.2) is 72.3 Å². The van der Waals surface area contributed by atoms with Gasteiger partial charge in [-0.1, -0.05) is 66.3 Å². The Bertz CT molecular complexity index is 930. The molecule has 24 heavy (non-hydrogen) atoms. The van der Waals surface area contributed by atoms with Crippen LogP contribution in [0, 0.1) is 0 Å². The van der Waals surface area contributed by atoms with Crippen molar-refractivity contribution in [2.24, 2.45) is 0 Å². The maximum atomic E-state index is 5.39. The molecule has 1 aromatic rings. The van der Waals surface area contributed by atoms with Crippen LogP contribution in [0.1, 0.15) is 23.6 Å². The topological polar surface area (TPSA) is 9.23 Å². The van der Waals surface area contributed by atoms with Crippen molar-refractivity contribution in [3.8, 4) is 16.9 Å². The Morgan fingerprint density at radius 2 is 1.75 bits per heavy atom. The fourth-order valence-corrected chi connectivity index (χ4v) is 3.49. The van der Waals surface area contributed by atoms with Gasteiger partial charge in [0.1, 0.15) is 5.75 Å². The third-order valence-electron chi connectivity index (χ3n) is 4.78. The minimum Gasteiger partial charge on any atom is -0.497 e. The van der Waals surface area contributed by atoms with E-state index in [1.807, 2.05) is 6.07 Å². The molecular weight excluding hydrogens is 292 g/mol. The van der Waals surface area contributed by atoms with Gasteiger partial charge in [-0.15, -0.1) is 0 Å². The average molecular weight is 312 g/mol. The number of hydrogen-bond donors (Lipinski definition) is 0. The Kier molecular flexibility index (Phi) is 3.70. The van der Waals surface area contributed by atoms with Gasteiger partial charge in [0, 0.05) is 0 Å². The van der Waals surface area contributed by atoms with Gasteiger partial charge in [0.15, 0.2) is 0 Å². The van der Waals surface area contributed by atoms with Crippen molar-refractivity contribution in [3.05, 3.63) is 89.0 Å². The van der Waals surface area contributed by atoms with Crippen molar-refractivity contribution in [1.82, 2.24) is 0 Å². The molecule has 0 spiro atoms. The largest absolute Gasteiger partial charge is 0.497 e. The third-order valence-corrected chi connectivity index (χ3v) is 4.78. The highest BCUT2D eigenvalue weighted by Crippen LogP contribution is 2.37. The minimum absolute atomic E-state index is 0.917. The number of benzene rings is 1. The lowest BCUT2D eigenvalue weighted by Crippen LogP contribution is -1.87. The third kappa shape index (κ3) is 2.52. The normalized spacial score (nSPS) is 13.8. The number of methoxy groups -OCH3 is 1. The Hall–Kier alpha value is -2.80. The summed E-state index contributed by atoms with van der Waals surface area (Å²) in [6.07, 6.45) is 5.51. The number of fused-ring (bicyclic) bond motifs is 2. The zero-order chi connectivity index (χ0) is 16.5. The summed E-state index contributed by atoms with van der Waals surface area (Å²) in [6.45, 7) is 2.22. The van der Waals surface area contributed by atoms with Crippen molar-refractivity contribution in [1.29, 1.82) is 0 Å². The van der Waals surface area contributed by atoms with E-state index < -0.39 is 0 Å². The van der Waals surface area contributed by atoms with E-state index in [-0.39, 0.29) is 0 Å². The molecule has 0 N–H and O–H groups in total. The van der Waals surface area contributed by atoms with Gasteiger partial charge in [-0.05, 0) is 58.9 Å². The molecule has 0 saturated heterocycles. The molecule has 1 heteroatoms. The Balaban J connectivity index is 1.71. The molecule has 0 unspecified atom stereocenters. The molecule has 0 aromatic heterocycles. The molecule has 0 heterocycles. The van der Waals surface area contributed by atoms with E-state index >= 15 is 0 Å². The summed E-state index contributed by atoms with van der Waals surface area (Å²) >= 11 is 0. The highest BCUT2D eigenvalue weighted by Gasteiger charge is 2.17. The van der Waals surface area contributed by atoms with E-state index in [9.17, 15) is 0 Å². The fraction of sp³-hybridized carbons (Fsp3) is 0.130. The molecule has 0 aliphatic heterocycles. The Morgan fingerprint density at radius 1 is 0.875 bits per heavy atom. The zero-order valence-electron chi connectivity index (χ0n) is 14.0. The first kappa shape index (κ1) is 14.8. The maximum absolute atomic E-state index is 5.39. The number of allylic oxidation sites excluding steroid dienone is 3. The van der Waals surface area contributed by atoms with Crippen molar-refractivity contribution in [3.63, 3.8) is 0 Å². The lowest BCUT2D eigenvalue weighted by Gasteiger charge is -2.05. The molecule has 0 fully saturated rings. The van der Waals surface area contributed by atoms with E-state index in [2.05, 4.69) is 73.7 Å². The van der Waals surface area contributed by atoms with Gasteiger partial charge in [0.05, 0.1) is 7.11 Å². The van der Waals surface area contributed by atoms with Gasteiger partial charge in [-0.3, -0.25) is 0 Å². The molecule has 3 aliphatic rings. The van der Waals surface area contributed by atoms with Crippen LogP contribution in [0.2, 0.25) is 0 Å². The lowest BCUT2D eigenvalue weighted by atomic mass is 10.0. The van der Waals surface area contributed by atoms with Crippen molar-refractivity contribution in [2.75, 3.05) is 7.11 Å². The van der Waals surface area contributed by atoms with Gasteiger partial charge >= 0.3 is 0 Å². The smallest absolute Gasteiger partial charge is 0.119 e. The number of hydrogen-bond acceptors (Lipinski definition) is 1. The second-order valence-electron chi connectivity index (χ2n) is 6.30. The molecule has 0 bridgehead atoms. The van der Waals surface area contributed by atoms with E-state index in [0.29, 0.717) is 0 Å². The van der Waals surface area contributed by atoms with E-state index in [4.69, 9.17) is 4.74 Å². The standard InChI is InChI=1S/C23H20O/c1-16-14-19-10-12-20(24-2)15-23(19)21(16)13-11-18-9-8-17-6-4-3-5-7-22(17)18/h3-13,15H,14H2,1-2H3. The summed E-state index contributed by atoms with van der Waals surface area (Å²) in [4.78, 5) is 0. The van der Waals surface area contributed by atoms with Crippen LogP contribution in [0.5, 0.6) is 5.75 Å². The van der Waals surface area contributed by atoms with Crippen molar-refractivity contribution < 1.29 is 4.74 Å². The molecular formula is C23H20O. The van der Waals surface area contributed by atoms with E-state index in [1.165, 1.54) is 39.0 Å². The minimum atomic E-state index is 0.917. The van der Waals surface area contributed by atoms with Crippen LogP contribution in [0.4, 0.5) is 0 Å². The summed E-state index contributed by atoms with van der Waals surface area (Å²) in [6, 6.07) is 21.3. The number of rotatable bonds is 3. The Morgan fingerprint density at radius 3 is 2.62 bits per heavy atom. The number of ether oxygens (including phenoxy) is 1. The van der Waals surface area contributed by atoms with Gasteiger partial charge < -0.3 is 4.74 Å². The first-order valence-corrected chi connectivity index (χ1v) is 8.29. The predicted molar refractivity (Wildman–Crippen MR) is 101 cm³/mol. The molecule has 1 nitrogen and oxygen atoms in total. The molecule has 4 rings (SSSR count). The lowest BCUT2D eigenvalue weighted by molar-refractivity contribution is 0.414. The van der Waals surface area contributed by atoms with Crippen LogP contribution in [0.3, 0.4) is 0 Å². The van der Waals surface area contributed by atoms with Crippen molar-refractivity contribution >= 4 is 11.6 Å². The summed E-state index contributed by atoms with van der Waals surface area (Å²) < 4.78 is 5.39. The van der Waals surface area contributed by atoms with Crippen molar-refractivity contribution in [2.45, 2.75) is 13.3 Å². The molecule has 0 saturated carbocycles. The van der Waals surface area contributed by atoms with Crippen LogP contribution >= 0.6 is 0 Å². The molecule has 0 atom stereocenters. The molecule has 118 valence electrons. The second kappa shape index (κ2) is 6.01. The molecule has 3 aliphatic carbocycles. The van der Waals surface area contributed by atoms with Gasteiger partial charge in [0.2, 0.25) is 0 Å².